The summed E-state index contributed by atoms with van der Waals surface area (Å²) in [5.74, 6) is 0.903. The summed E-state index contributed by atoms with van der Waals surface area (Å²) < 4.78 is 18.0. The van der Waals surface area contributed by atoms with Gasteiger partial charge in [-0.1, -0.05) is 80.6 Å². The fourth-order valence-corrected chi connectivity index (χ4v) is 6.17. The maximum Gasteiger partial charge on any atom is 0.410 e. The summed E-state index contributed by atoms with van der Waals surface area (Å²) in [5.41, 5.74) is 2.87. The molecule has 0 bridgehead atoms. The van der Waals surface area contributed by atoms with Crippen molar-refractivity contribution in [3.63, 3.8) is 0 Å². The van der Waals surface area contributed by atoms with Gasteiger partial charge in [0.25, 0.3) is 0 Å². The molecule has 5 aromatic rings. The minimum absolute atomic E-state index is 0.344. The van der Waals surface area contributed by atoms with E-state index >= 15 is 0 Å². The molecular weight excluding hydrogens is 602 g/mol. The van der Waals surface area contributed by atoms with Gasteiger partial charge in [0.15, 0.2) is 0 Å². The fraction of sp³-hybridized carbons (Fsp3) is 0.325. The van der Waals surface area contributed by atoms with Crippen molar-refractivity contribution in [3.8, 4) is 22.9 Å². The van der Waals surface area contributed by atoms with Crippen molar-refractivity contribution >= 4 is 17.0 Å². The molecule has 1 unspecified atom stereocenters. The molecule has 8 nitrogen and oxygen atoms in total. The summed E-state index contributed by atoms with van der Waals surface area (Å²) in [6.45, 7) is 11.0. The summed E-state index contributed by atoms with van der Waals surface area (Å²) in [6.07, 6.45) is 1.83. The van der Waals surface area contributed by atoms with Crippen LogP contribution in [0.2, 0.25) is 0 Å². The number of nitrogens with zero attached hydrogens (tertiary/aromatic N) is 3. The molecule has 48 heavy (non-hydrogen) atoms. The Morgan fingerprint density at radius 2 is 1.54 bits per heavy atom. The summed E-state index contributed by atoms with van der Waals surface area (Å²) in [6, 6.07) is 31.6. The second kappa shape index (κ2) is 13.3. The van der Waals surface area contributed by atoms with Gasteiger partial charge in [0, 0.05) is 47.3 Å². The van der Waals surface area contributed by atoms with Gasteiger partial charge >= 0.3 is 6.09 Å². The number of amides is 1. The number of piperidine rings is 1. The molecule has 0 saturated carbocycles. The second-order valence-electron chi connectivity index (χ2n) is 14.1. The number of benzene rings is 3. The Bertz CT molecular complexity index is 1890. The Labute approximate surface area is 282 Å². The van der Waals surface area contributed by atoms with E-state index in [0.717, 1.165) is 38.7 Å². The van der Waals surface area contributed by atoms with Crippen LogP contribution in [0, 0.1) is 5.41 Å². The number of carbonyl (C=O) groups is 1. The summed E-state index contributed by atoms with van der Waals surface area (Å²) in [7, 11) is 0. The first-order valence-corrected chi connectivity index (χ1v) is 16.4. The smallest absolute Gasteiger partial charge is 0.410 e. The van der Waals surface area contributed by atoms with Crippen molar-refractivity contribution in [1.82, 2.24) is 14.9 Å². The van der Waals surface area contributed by atoms with E-state index in [0.29, 0.717) is 44.5 Å². The molecule has 1 fully saturated rings. The zero-order valence-corrected chi connectivity index (χ0v) is 28.3. The maximum atomic E-state index is 12.9. The van der Waals surface area contributed by atoms with E-state index in [1.165, 1.54) is 0 Å². The Morgan fingerprint density at radius 3 is 2.19 bits per heavy atom. The summed E-state index contributed by atoms with van der Waals surface area (Å²) in [5, 5.41) is 13.1. The molecule has 2 aromatic heterocycles. The molecule has 1 aliphatic rings. The highest BCUT2D eigenvalue weighted by molar-refractivity contribution is 5.85. The van der Waals surface area contributed by atoms with Gasteiger partial charge in [-0.3, -0.25) is 4.98 Å². The number of likely N-dealkylation sites (tertiary alicyclic amines) is 1. The van der Waals surface area contributed by atoms with E-state index in [2.05, 4.69) is 6.07 Å². The van der Waals surface area contributed by atoms with Crippen molar-refractivity contribution in [2.45, 2.75) is 65.5 Å². The number of pyridine rings is 2. The first kappa shape index (κ1) is 33.0. The second-order valence-corrected chi connectivity index (χ2v) is 14.1. The third-order valence-electron chi connectivity index (χ3n) is 8.85. The number of hydrogen-bond donors (Lipinski definition) is 1. The third-order valence-corrected chi connectivity index (χ3v) is 8.85. The van der Waals surface area contributed by atoms with E-state index in [1.807, 2.05) is 132 Å². The maximum absolute atomic E-state index is 12.9. The lowest BCUT2D eigenvalue weighted by molar-refractivity contribution is -0.123. The summed E-state index contributed by atoms with van der Waals surface area (Å²) in [4.78, 5) is 24.1. The third kappa shape index (κ3) is 7.29. The van der Waals surface area contributed by atoms with Gasteiger partial charge in [-0.25, -0.2) is 4.79 Å². The van der Waals surface area contributed by atoms with Crippen LogP contribution in [0.25, 0.3) is 22.0 Å². The van der Waals surface area contributed by atoms with Crippen LogP contribution >= 0.6 is 0 Å². The topological polar surface area (TPSA) is 94.0 Å². The highest BCUT2D eigenvalue weighted by Crippen LogP contribution is 2.47. The first-order valence-electron chi connectivity index (χ1n) is 16.4. The molecule has 0 radical (unpaired) electrons. The van der Waals surface area contributed by atoms with Gasteiger partial charge in [-0.05, 0) is 68.1 Å². The molecule has 1 amide bonds. The average molecular weight is 646 g/mol. The Morgan fingerprint density at radius 1 is 0.875 bits per heavy atom. The fourth-order valence-electron chi connectivity index (χ4n) is 6.17. The number of aliphatic hydroxyl groups is 1. The minimum Gasteiger partial charge on any atom is -0.473 e. The monoisotopic (exact) mass is 645 g/mol. The lowest BCUT2D eigenvalue weighted by Crippen LogP contribution is -2.57. The predicted octanol–water partition coefficient (Wildman–Crippen LogP) is 8.31. The SMILES string of the molecule is CC(C)(C)OC(=O)N1CCC(O)(c2ccc3ncc(-c4ccc(OCc5ccccc5)nc4OCc4ccccc4)cc3c2)C(C)(C)C1. The van der Waals surface area contributed by atoms with E-state index in [4.69, 9.17) is 24.2 Å². The molecule has 1 atom stereocenters. The molecule has 0 aliphatic carbocycles. The number of ether oxygens (including phenoxy) is 3. The number of rotatable bonds is 8. The number of aromatic nitrogens is 2. The molecule has 1 N–H and O–H groups in total. The number of carbonyl (C=O) groups excluding carboxylic acids is 1. The van der Waals surface area contributed by atoms with E-state index in [1.54, 1.807) is 4.90 Å². The molecule has 3 heterocycles. The predicted molar refractivity (Wildman–Crippen MR) is 187 cm³/mol. The van der Waals surface area contributed by atoms with Crippen LogP contribution in [0.5, 0.6) is 11.8 Å². The van der Waals surface area contributed by atoms with Gasteiger partial charge < -0.3 is 24.2 Å². The van der Waals surface area contributed by atoms with Crippen molar-refractivity contribution < 1.29 is 24.1 Å². The minimum atomic E-state index is -1.17. The number of fused-ring (bicyclic) bond motifs is 1. The van der Waals surface area contributed by atoms with Crippen LogP contribution in [0.1, 0.15) is 57.7 Å². The number of hydrogen-bond acceptors (Lipinski definition) is 7. The first-order chi connectivity index (χ1) is 22.9. The van der Waals surface area contributed by atoms with Gasteiger partial charge in [0.05, 0.1) is 11.1 Å². The molecule has 1 saturated heterocycles. The van der Waals surface area contributed by atoms with Crippen LogP contribution < -0.4 is 9.47 Å². The van der Waals surface area contributed by atoms with Crippen LogP contribution in [-0.4, -0.2) is 44.8 Å². The Balaban J connectivity index is 1.29. The molecule has 1 aliphatic heterocycles. The molecule has 3 aromatic carbocycles. The van der Waals surface area contributed by atoms with Crippen molar-refractivity contribution in [2.24, 2.45) is 5.41 Å². The lowest BCUT2D eigenvalue weighted by Gasteiger charge is -2.50. The van der Waals surface area contributed by atoms with E-state index in [-0.39, 0.29) is 6.09 Å². The van der Waals surface area contributed by atoms with Gasteiger partial charge in [-0.15, -0.1) is 0 Å². The van der Waals surface area contributed by atoms with Crippen LogP contribution in [-0.2, 0) is 23.6 Å². The normalized spacial score (nSPS) is 17.6. The van der Waals surface area contributed by atoms with Crippen molar-refractivity contribution in [3.05, 3.63) is 120 Å². The van der Waals surface area contributed by atoms with Crippen molar-refractivity contribution in [2.75, 3.05) is 13.1 Å². The highest BCUT2D eigenvalue weighted by atomic mass is 16.6. The van der Waals surface area contributed by atoms with Gasteiger partial charge in [0.1, 0.15) is 18.8 Å². The van der Waals surface area contributed by atoms with Crippen LogP contribution in [0.4, 0.5) is 4.79 Å². The largest absolute Gasteiger partial charge is 0.473 e. The Kier molecular flexibility index (Phi) is 9.12. The molecule has 8 heteroatoms. The zero-order chi connectivity index (χ0) is 33.9. The zero-order valence-electron chi connectivity index (χ0n) is 28.3. The molecule has 248 valence electrons. The highest BCUT2D eigenvalue weighted by Gasteiger charge is 2.50. The summed E-state index contributed by atoms with van der Waals surface area (Å²) >= 11 is 0. The van der Waals surface area contributed by atoms with Crippen LogP contribution in [0.3, 0.4) is 0 Å². The standard InChI is InChI=1S/C40H43N3O5/c1-38(2,3)48-37(44)43-21-20-40(45,39(4,5)27-43)32-16-18-34-30(23-32)22-31(24-41-34)33-17-19-35(46-25-28-12-8-6-9-13-28)42-36(33)47-26-29-14-10-7-11-15-29/h6-19,22-24,45H,20-21,25-27H2,1-5H3. The molecular formula is C40H43N3O5. The Hall–Kier alpha value is -4.95. The van der Waals surface area contributed by atoms with Gasteiger partial charge in [0.2, 0.25) is 11.8 Å². The molecule has 6 rings (SSSR count). The van der Waals surface area contributed by atoms with Crippen molar-refractivity contribution in [1.29, 1.82) is 0 Å². The van der Waals surface area contributed by atoms with Crippen LogP contribution in [0.15, 0.2) is 103 Å². The lowest BCUT2D eigenvalue weighted by atomic mass is 9.66. The van der Waals surface area contributed by atoms with E-state index < -0.39 is 16.6 Å². The van der Waals surface area contributed by atoms with Gasteiger partial charge in [-0.2, -0.15) is 4.98 Å². The molecule has 0 spiro atoms. The quantitative estimate of drug-likeness (QED) is 0.181. The average Bonchev–Trinajstić information content (AvgIpc) is 3.07. The van der Waals surface area contributed by atoms with E-state index in [9.17, 15) is 9.90 Å².